The molecule has 0 aliphatic heterocycles. The molecule has 0 heterocycles. The summed E-state index contributed by atoms with van der Waals surface area (Å²) in [5.74, 6) is 5.31. The molecule has 0 amide bonds. The van der Waals surface area contributed by atoms with Gasteiger partial charge in [0.25, 0.3) is 0 Å². The van der Waals surface area contributed by atoms with Crippen molar-refractivity contribution in [1.29, 1.82) is 0 Å². The Morgan fingerprint density at radius 1 is 0.792 bits per heavy atom. The topological polar surface area (TPSA) is 0 Å². The van der Waals surface area contributed by atoms with Crippen molar-refractivity contribution in [3.63, 3.8) is 0 Å². The van der Waals surface area contributed by atoms with Crippen LogP contribution in [0, 0.1) is 40.4 Å². The highest BCUT2D eigenvalue weighted by atomic mass is 79.9. The third-order valence-electron chi connectivity index (χ3n) is 9.24. The maximum absolute atomic E-state index is 3.72. The quantitative estimate of drug-likeness (QED) is 0.416. The van der Waals surface area contributed by atoms with E-state index in [1.165, 1.54) is 31.0 Å². The number of rotatable bonds is 2. The van der Waals surface area contributed by atoms with Gasteiger partial charge in [0.15, 0.2) is 0 Å². The van der Waals surface area contributed by atoms with Gasteiger partial charge in [0.1, 0.15) is 0 Å². The Balaban J connectivity index is 0.000000815. The predicted octanol–water partition coefficient (Wildman–Crippen LogP) is 7.85. The van der Waals surface area contributed by atoms with Crippen LogP contribution in [0.25, 0.3) is 0 Å². The fraction of sp³-hybridized carbons (Fsp3) is 1.00. The van der Waals surface area contributed by atoms with Crippen molar-refractivity contribution in [3.8, 4) is 0 Å². The van der Waals surface area contributed by atoms with E-state index < -0.39 is 0 Å². The summed E-state index contributed by atoms with van der Waals surface area (Å²) in [5.41, 5.74) is 1.41. The van der Waals surface area contributed by atoms with E-state index >= 15 is 0 Å². The molecule has 0 aromatic carbocycles. The highest BCUT2D eigenvalue weighted by Crippen LogP contribution is 2.67. The maximum Gasteiger partial charge on any atom is 0.00341 e. The van der Waals surface area contributed by atoms with E-state index in [0.29, 0.717) is 5.41 Å². The lowest BCUT2D eigenvalue weighted by molar-refractivity contribution is -0.110. The summed E-state index contributed by atoms with van der Waals surface area (Å²) in [6.07, 6.45) is 16.9. The van der Waals surface area contributed by atoms with E-state index in [-0.39, 0.29) is 0 Å². The molecule has 0 spiro atoms. The molecule has 0 aromatic heterocycles. The van der Waals surface area contributed by atoms with Crippen LogP contribution in [-0.2, 0) is 0 Å². The first-order valence-corrected chi connectivity index (χ1v) is 12.3. The predicted molar refractivity (Wildman–Crippen MR) is 110 cm³/mol. The van der Waals surface area contributed by atoms with Gasteiger partial charge in [-0.25, -0.2) is 0 Å². The lowest BCUT2D eigenvalue weighted by Gasteiger charge is -2.60. The van der Waals surface area contributed by atoms with Crippen molar-refractivity contribution in [1.82, 2.24) is 0 Å². The molecule has 0 N–H and O–H groups in total. The third kappa shape index (κ3) is 2.93. The lowest BCUT2D eigenvalue weighted by atomic mass is 9.45. The molecule has 0 radical (unpaired) electrons. The molecule has 7 unspecified atom stereocenters. The fourth-order valence-corrected chi connectivity index (χ4v) is 8.56. The van der Waals surface area contributed by atoms with E-state index in [0.717, 1.165) is 35.0 Å². The van der Waals surface area contributed by atoms with E-state index in [1.54, 1.807) is 44.9 Å². The van der Waals surface area contributed by atoms with Gasteiger partial charge in [-0.3, -0.25) is 0 Å². The van der Waals surface area contributed by atoms with Crippen LogP contribution in [0.3, 0.4) is 0 Å². The van der Waals surface area contributed by atoms with Gasteiger partial charge in [0, 0.05) is 5.33 Å². The maximum atomic E-state index is 3.72. The second-order valence-electron chi connectivity index (χ2n) is 9.70. The van der Waals surface area contributed by atoms with Gasteiger partial charge >= 0.3 is 0 Å². The Bertz CT molecular complexity index is 418. The van der Waals surface area contributed by atoms with Gasteiger partial charge in [-0.1, -0.05) is 56.5 Å². The summed E-state index contributed by atoms with van der Waals surface area (Å²) in [6.45, 7) is 9.39. The molecule has 0 bridgehead atoms. The fourth-order valence-electron chi connectivity index (χ4n) is 8.01. The minimum atomic E-state index is 0.687. The minimum Gasteiger partial charge on any atom is -0.0928 e. The number of halogens is 1. The first-order chi connectivity index (χ1) is 11.6. The summed E-state index contributed by atoms with van der Waals surface area (Å²) >= 11 is 3.72. The molecule has 4 aliphatic carbocycles. The Morgan fingerprint density at radius 2 is 1.54 bits per heavy atom. The van der Waals surface area contributed by atoms with Crippen LogP contribution in [-0.4, -0.2) is 5.33 Å². The molecule has 0 nitrogen and oxygen atoms in total. The van der Waals surface area contributed by atoms with Gasteiger partial charge in [-0.15, -0.1) is 0 Å². The zero-order valence-corrected chi connectivity index (χ0v) is 18.3. The van der Waals surface area contributed by atoms with Crippen molar-refractivity contribution in [2.75, 3.05) is 5.33 Å². The van der Waals surface area contributed by atoms with Crippen LogP contribution >= 0.6 is 15.9 Å². The Labute approximate surface area is 160 Å². The number of alkyl halides is 1. The summed E-state index contributed by atoms with van der Waals surface area (Å²) in [5, 5.41) is 1.22. The SMILES string of the molecule is CC.CC12CCCCC1CCC1C2CCC2(C)C(CCBr)CCC12. The molecule has 4 fully saturated rings. The molecular weight excluding hydrogens is 356 g/mol. The van der Waals surface area contributed by atoms with Crippen LogP contribution in [0.2, 0.25) is 0 Å². The van der Waals surface area contributed by atoms with Crippen LogP contribution in [0.1, 0.15) is 98.3 Å². The number of hydrogen-bond donors (Lipinski definition) is 0. The number of hydrogen-bond acceptors (Lipinski definition) is 0. The molecule has 24 heavy (non-hydrogen) atoms. The lowest BCUT2D eigenvalue weighted by Crippen LogP contribution is -2.52. The minimum absolute atomic E-state index is 0.687. The van der Waals surface area contributed by atoms with E-state index in [1.807, 2.05) is 13.8 Å². The van der Waals surface area contributed by atoms with Gasteiger partial charge in [0.05, 0.1) is 0 Å². The second kappa shape index (κ2) is 7.61. The number of fused-ring (bicyclic) bond motifs is 5. The van der Waals surface area contributed by atoms with Gasteiger partial charge in [0.2, 0.25) is 0 Å². The van der Waals surface area contributed by atoms with Crippen LogP contribution < -0.4 is 0 Å². The molecule has 140 valence electrons. The van der Waals surface area contributed by atoms with Crippen molar-refractivity contribution >= 4 is 15.9 Å². The van der Waals surface area contributed by atoms with Gasteiger partial charge < -0.3 is 0 Å². The van der Waals surface area contributed by atoms with Crippen molar-refractivity contribution in [3.05, 3.63) is 0 Å². The molecule has 4 saturated carbocycles. The molecule has 4 aliphatic rings. The highest BCUT2D eigenvalue weighted by molar-refractivity contribution is 9.09. The zero-order valence-electron chi connectivity index (χ0n) is 16.7. The summed E-state index contributed by atoms with van der Waals surface area (Å²) in [4.78, 5) is 0. The Kier molecular flexibility index (Phi) is 6.11. The molecule has 4 rings (SSSR count). The third-order valence-corrected chi connectivity index (χ3v) is 9.70. The molecule has 0 aromatic rings. The Morgan fingerprint density at radius 3 is 2.29 bits per heavy atom. The summed E-state index contributed by atoms with van der Waals surface area (Å²) in [7, 11) is 0. The average Bonchev–Trinajstić information content (AvgIpc) is 2.93. The van der Waals surface area contributed by atoms with Crippen molar-refractivity contribution in [2.45, 2.75) is 98.3 Å². The molecule has 1 heteroatoms. The van der Waals surface area contributed by atoms with Crippen molar-refractivity contribution in [2.24, 2.45) is 40.4 Å². The average molecular weight is 397 g/mol. The summed E-state index contributed by atoms with van der Waals surface area (Å²) < 4.78 is 0. The van der Waals surface area contributed by atoms with Crippen LogP contribution in [0.15, 0.2) is 0 Å². The first kappa shape index (κ1) is 19.2. The standard InChI is InChI=1S/C21H35Br.C2H6/c1-20-12-4-3-5-15(20)6-8-17-18-9-7-16(11-14-22)21(18,2)13-10-19(17)20;1-2/h15-19H,3-14H2,1-2H3;1-2H3. The van der Waals surface area contributed by atoms with Gasteiger partial charge in [-0.2, -0.15) is 0 Å². The van der Waals surface area contributed by atoms with E-state index in [9.17, 15) is 0 Å². The van der Waals surface area contributed by atoms with E-state index in [2.05, 4.69) is 29.8 Å². The highest BCUT2D eigenvalue weighted by Gasteiger charge is 2.59. The molecule has 0 saturated heterocycles. The van der Waals surface area contributed by atoms with E-state index in [4.69, 9.17) is 0 Å². The second-order valence-corrected chi connectivity index (χ2v) is 10.5. The summed E-state index contributed by atoms with van der Waals surface area (Å²) in [6, 6.07) is 0. The zero-order chi connectivity index (χ0) is 17.4. The Hall–Kier alpha value is 0.480. The smallest absolute Gasteiger partial charge is 0.00341 e. The monoisotopic (exact) mass is 396 g/mol. The largest absolute Gasteiger partial charge is 0.0928 e. The normalized spacial score (nSPS) is 50.1. The van der Waals surface area contributed by atoms with Crippen LogP contribution in [0.5, 0.6) is 0 Å². The van der Waals surface area contributed by atoms with Gasteiger partial charge in [-0.05, 0) is 98.2 Å². The molecule has 7 atom stereocenters. The first-order valence-electron chi connectivity index (χ1n) is 11.2. The van der Waals surface area contributed by atoms with Crippen LogP contribution in [0.4, 0.5) is 0 Å². The van der Waals surface area contributed by atoms with Crippen molar-refractivity contribution < 1.29 is 0 Å². The molecular formula is C23H41Br.